The fraction of sp³-hybridized carbons (Fsp3) is 0.607. The highest BCUT2D eigenvalue weighted by Gasteiger charge is 2.44. The summed E-state index contributed by atoms with van der Waals surface area (Å²) in [5.74, 6) is -3.60. The quantitative estimate of drug-likeness (QED) is 0.250. The highest BCUT2D eigenvalue weighted by molar-refractivity contribution is 6.01. The number of unbranched alkanes of at least 4 members (excludes halogenated alkanes) is 1. The molecule has 1 aromatic rings. The highest BCUT2D eigenvalue weighted by atomic mass is 16.6. The summed E-state index contributed by atoms with van der Waals surface area (Å²) < 4.78 is 11.5. The lowest BCUT2D eigenvalue weighted by Gasteiger charge is -2.31. The monoisotopic (exact) mass is 532 g/mol. The predicted octanol–water partition coefficient (Wildman–Crippen LogP) is 3.71. The van der Waals surface area contributed by atoms with Gasteiger partial charge in [-0.15, -0.1) is 0 Å². The molecule has 1 saturated heterocycles. The molecule has 1 aliphatic heterocycles. The van der Waals surface area contributed by atoms with E-state index >= 15 is 0 Å². The van der Waals surface area contributed by atoms with Gasteiger partial charge in [0, 0.05) is 25.8 Å². The van der Waals surface area contributed by atoms with Gasteiger partial charge in [-0.25, -0.2) is 4.79 Å². The van der Waals surface area contributed by atoms with Crippen LogP contribution < -0.4 is 5.32 Å². The third-order valence-electron chi connectivity index (χ3n) is 6.90. The molecular formula is C28H40N2O8. The Hall–Kier alpha value is -3.43. The van der Waals surface area contributed by atoms with Crippen molar-refractivity contribution in [2.24, 2.45) is 17.8 Å². The molecule has 0 spiro atoms. The number of phenols is 1. The largest absolute Gasteiger partial charge is 0.505 e. The van der Waals surface area contributed by atoms with E-state index in [1.165, 1.54) is 32.2 Å². The van der Waals surface area contributed by atoms with E-state index in [4.69, 9.17) is 9.47 Å². The first-order chi connectivity index (χ1) is 17.9. The van der Waals surface area contributed by atoms with Gasteiger partial charge in [0.2, 0.25) is 6.41 Å². The summed E-state index contributed by atoms with van der Waals surface area (Å²) in [7, 11) is 1.35. The van der Waals surface area contributed by atoms with E-state index in [0.29, 0.717) is 19.3 Å². The molecule has 0 aliphatic carbocycles. The smallest absolute Gasteiger partial charge is 0.333 e. The van der Waals surface area contributed by atoms with E-state index in [1.54, 1.807) is 6.92 Å². The Kier molecular flexibility index (Phi) is 11.3. The van der Waals surface area contributed by atoms with Gasteiger partial charge in [0.25, 0.3) is 5.91 Å². The summed E-state index contributed by atoms with van der Waals surface area (Å²) in [6.45, 7) is 9.04. The number of benzene rings is 1. The fourth-order valence-electron chi connectivity index (χ4n) is 4.92. The van der Waals surface area contributed by atoms with Crippen molar-refractivity contribution in [3.63, 3.8) is 0 Å². The van der Waals surface area contributed by atoms with Crippen LogP contribution in [0.2, 0.25) is 0 Å². The maximum Gasteiger partial charge on any atom is 0.333 e. The zero-order valence-electron chi connectivity index (χ0n) is 23.1. The average Bonchev–Trinajstić information content (AvgIpc) is 2.86. The second kappa shape index (κ2) is 13.9. The van der Waals surface area contributed by atoms with Gasteiger partial charge < -0.3 is 24.8 Å². The van der Waals surface area contributed by atoms with Gasteiger partial charge >= 0.3 is 11.9 Å². The van der Waals surface area contributed by atoms with Gasteiger partial charge in [-0.3, -0.25) is 19.2 Å². The lowest BCUT2D eigenvalue weighted by Crippen LogP contribution is -2.51. The van der Waals surface area contributed by atoms with Crippen molar-refractivity contribution in [2.75, 3.05) is 12.4 Å². The van der Waals surface area contributed by atoms with Crippen molar-refractivity contribution in [1.29, 1.82) is 0 Å². The van der Waals surface area contributed by atoms with Crippen LogP contribution in [0.1, 0.15) is 77.1 Å². The number of anilines is 1. The number of nitrogens with zero attached hydrogens (tertiary/aromatic N) is 1. The number of nitrogens with one attached hydrogen (secondary N) is 1. The molecule has 210 valence electrons. The standard InChI is InChI=1S/C28H40N2O8/c1-7-8-10-20-22(14-19(32)13-16(2)3)17(4)37-28(36)24(18(5)38-27(20)35)30(6)26(34)21-11-9-12-23(25(21)33)29-15-31/h9,11-12,15-18,20,22,24,33H,7-8,10,13-14H2,1-6H3,(H,29,31). The number of cyclic esters (lactones) is 2. The molecule has 0 bridgehead atoms. The number of Topliss-reactive ketones (excluding diaryl/α,β-unsaturated/α-hetero) is 1. The first-order valence-electron chi connectivity index (χ1n) is 13.1. The number of ether oxygens (including phenoxy) is 2. The molecule has 1 heterocycles. The minimum Gasteiger partial charge on any atom is -0.505 e. The Bertz CT molecular complexity index is 1020. The number of amides is 2. The van der Waals surface area contributed by atoms with Crippen LogP contribution in [0.3, 0.4) is 0 Å². The summed E-state index contributed by atoms with van der Waals surface area (Å²) in [5.41, 5.74) is -0.131. The highest BCUT2D eigenvalue weighted by Crippen LogP contribution is 2.33. The number of esters is 2. The number of phenolic OH excluding ortho intramolecular Hbond substituents is 1. The zero-order chi connectivity index (χ0) is 28.6. The van der Waals surface area contributed by atoms with E-state index in [1.807, 2.05) is 20.8 Å². The Balaban J connectivity index is 2.42. The van der Waals surface area contributed by atoms with Gasteiger partial charge in [0.1, 0.15) is 18.0 Å². The topological polar surface area (TPSA) is 139 Å². The van der Waals surface area contributed by atoms with Crippen molar-refractivity contribution in [2.45, 2.75) is 85.0 Å². The minimum atomic E-state index is -1.31. The van der Waals surface area contributed by atoms with Gasteiger partial charge in [-0.1, -0.05) is 39.7 Å². The third-order valence-corrected chi connectivity index (χ3v) is 6.90. The Morgan fingerprint density at radius 2 is 1.79 bits per heavy atom. The van der Waals surface area contributed by atoms with E-state index in [0.717, 1.165) is 17.7 Å². The molecule has 2 rings (SSSR count). The van der Waals surface area contributed by atoms with Gasteiger partial charge in [-0.2, -0.15) is 0 Å². The predicted molar refractivity (Wildman–Crippen MR) is 140 cm³/mol. The lowest BCUT2D eigenvalue weighted by molar-refractivity contribution is -0.161. The van der Waals surface area contributed by atoms with Crippen LogP contribution in [0.5, 0.6) is 5.75 Å². The number of para-hydroxylation sites is 1. The molecule has 10 heteroatoms. The Morgan fingerprint density at radius 3 is 2.39 bits per heavy atom. The van der Waals surface area contributed by atoms with Crippen LogP contribution in [0.25, 0.3) is 0 Å². The van der Waals surface area contributed by atoms with E-state index in [9.17, 15) is 29.1 Å². The maximum atomic E-state index is 13.4. The number of carbonyl (C=O) groups is 5. The SMILES string of the molecule is CCCCC1C(=O)OC(C)C(N(C)C(=O)c2cccc(NC=O)c2O)C(=O)OC(C)C1CC(=O)CC(C)C. The number of hydrogen-bond acceptors (Lipinski definition) is 8. The third kappa shape index (κ3) is 7.55. The van der Waals surface area contributed by atoms with Crippen LogP contribution >= 0.6 is 0 Å². The summed E-state index contributed by atoms with van der Waals surface area (Å²) in [6.07, 6.45) is 0.994. The molecule has 0 radical (unpaired) electrons. The van der Waals surface area contributed by atoms with Crippen LogP contribution in [0, 0.1) is 17.8 Å². The van der Waals surface area contributed by atoms with E-state index < -0.39 is 53.7 Å². The summed E-state index contributed by atoms with van der Waals surface area (Å²) in [4.78, 5) is 64.8. The number of carbonyl (C=O) groups excluding carboxylic acids is 5. The first kappa shape index (κ1) is 30.8. The Labute approximate surface area is 224 Å². The van der Waals surface area contributed by atoms with E-state index in [-0.39, 0.29) is 29.4 Å². The number of ketones is 1. The van der Waals surface area contributed by atoms with Crippen molar-refractivity contribution in [1.82, 2.24) is 4.90 Å². The molecule has 1 aromatic carbocycles. The molecular weight excluding hydrogens is 492 g/mol. The molecule has 0 saturated carbocycles. The molecule has 0 aromatic heterocycles. The molecule has 10 nitrogen and oxygen atoms in total. The summed E-state index contributed by atoms with van der Waals surface area (Å²) >= 11 is 0. The number of hydrogen-bond donors (Lipinski definition) is 2. The van der Waals surface area contributed by atoms with Crippen molar-refractivity contribution < 1.29 is 38.6 Å². The summed E-state index contributed by atoms with van der Waals surface area (Å²) in [6, 6.07) is 2.92. The number of aromatic hydroxyl groups is 1. The minimum absolute atomic E-state index is 0.0161. The van der Waals surface area contributed by atoms with Crippen molar-refractivity contribution in [3.8, 4) is 5.75 Å². The van der Waals surface area contributed by atoms with Crippen LogP contribution in [-0.2, 0) is 28.7 Å². The average molecular weight is 533 g/mol. The van der Waals surface area contributed by atoms with Gasteiger partial charge in [-0.05, 0) is 38.3 Å². The van der Waals surface area contributed by atoms with Crippen LogP contribution in [0.4, 0.5) is 5.69 Å². The fourth-order valence-corrected chi connectivity index (χ4v) is 4.92. The number of likely N-dealkylation sites (N-methyl/N-ethyl adjacent to an activating group) is 1. The maximum absolute atomic E-state index is 13.4. The molecule has 5 unspecified atom stereocenters. The second-order valence-corrected chi connectivity index (χ2v) is 10.4. The molecule has 2 N–H and O–H groups in total. The van der Waals surface area contributed by atoms with Gasteiger partial charge in [0.15, 0.2) is 11.8 Å². The summed E-state index contributed by atoms with van der Waals surface area (Å²) in [5, 5.41) is 12.8. The van der Waals surface area contributed by atoms with Crippen LogP contribution in [0.15, 0.2) is 18.2 Å². The number of rotatable bonds is 11. The normalized spacial score (nSPS) is 23.9. The van der Waals surface area contributed by atoms with Crippen molar-refractivity contribution >= 4 is 35.7 Å². The van der Waals surface area contributed by atoms with E-state index in [2.05, 4.69) is 5.32 Å². The zero-order valence-corrected chi connectivity index (χ0v) is 23.1. The Morgan fingerprint density at radius 1 is 1.13 bits per heavy atom. The second-order valence-electron chi connectivity index (χ2n) is 10.4. The molecule has 1 aliphatic rings. The molecule has 2 amide bonds. The first-order valence-corrected chi connectivity index (χ1v) is 13.1. The van der Waals surface area contributed by atoms with Gasteiger partial charge in [0.05, 0.1) is 17.2 Å². The van der Waals surface area contributed by atoms with Crippen LogP contribution in [-0.4, -0.2) is 65.3 Å². The molecule has 5 atom stereocenters. The molecule has 38 heavy (non-hydrogen) atoms. The lowest BCUT2D eigenvalue weighted by atomic mass is 9.80. The molecule has 1 fully saturated rings. The van der Waals surface area contributed by atoms with Crippen molar-refractivity contribution in [3.05, 3.63) is 23.8 Å².